The number of carbonyl (C=O) groups excluding carboxylic acids is 1. The normalized spacial score (nSPS) is 25.3. The lowest BCUT2D eigenvalue weighted by atomic mass is 9.89. The number of rotatable bonds is 4. The molecule has 1 amide bonds. The van der Waals surface area contributed by atoms with Crippen LogP contribution in [0.5, 0.6) is 0 Å². The minimum absolute atomic E-state index is 0.139. The molecule has 2 saturated heterocycles. The van der Waals surface area contributed by atoms with Crippen LogP contribution in [0.3, 0.4) is 0 Å². The molecule has 2 aliphatic rings. The van der Waals surface area contributed by atoms with Gasteiger partial charge in [-0.05, 0) is 39.2 Å². The molecule has 2 fully saturated rings. The molecule has 0 saturated carbocycles. The molecule has 0 aliphatic carbocycles. The first-order valence-electron chi connectivity index (χ1n) is 9.81. The minimum atomic E-state index is 0.139. The van der Waals surface area contributed by atoms with Crippen LogP contribution in [0.15, 0.2) is 28.8 Å². The number of carbonyl (C=O) groups is 1. The van der Waals surface area contributed by atoms with Crippen LogP contribution < -0.4 is 10.9 Å². The zero-order valence-electron chi connectivity index (χ0n) is 16.3. The summed E-state index contributed by atoms with van der Waals surface area (Å²) in [4.78, 5) is 15.1. The molecule has 4 rings (SSSR count). The number of nitrogens with zero attached hydrogens (tertiary/aromatic N) is 2. The lowest BCUT2D eigenvalue weighted by Gasteiger charge is -2.32. The van der Waals surface area contributed by atoms with Crippen molar-refractivity contribution in [2.45, 2.75) is 58.0 Å². The Morgan fingerprint density at radius 2 is 2.04 bits per heavy atom. The maximum atomic E-state index is 13.0. The zero-order chi connectivity index (χ0) is 19.0. The molecule has 3 atom stereocenters. The number of hydrogen-bond acceptors (Lipinski definition) is 5. The molecule has 2 aliphatic heterocycles. The fraction of sp³-hybridized carbons (Fsp3) is 0.524. The molecule has 0 spiro atoms. The average molecular weight is 368 g/mol. The van der Waals surface area contributed by atoms with E-state index in [-0.39, 0.29) is 23.9 Å². The number of benzene rings is 1. The molecule has 3 heterocycles. The monoisotopic (exact) mass is 368 g/mol. The van der Waals surface area contributed by atoms with Gasteiger partial charge in [0.1, 0.15) is 5.76 Å². The fourth-order valence-electron chi connectivity index (χ4n) is 4.37. The molecule has 3 unspecified atom stereocenters. The Labute approximate surface area is 160 Å². The van der Waals surface area contributed by atoms with E-state index in [9.17, 15) is 4.79 Å². The molecule has 0 radical (unpaired) electrons. The molecular weight excluding hydrogens is 340 g/mol. The van der Waals surface area contributed by atoms with E-state index < -0.39 is 0 Å². The van der Waals surface area contributed by atoms with Gasteiger partial charge in [-0.1, -0.05) is 35.0 Å². The highest BCUT2D eigenvalue weighted by molar-refractivity contribution is 5.79. The summed E-state index contributed by atoms with van der Waals surface area (Å²) >= 11 is 0. The highest BCUT2D eigenvalue weighted by atomic mass is 16.5. The predicted molar refractivity (Wildman–Crippen MR) is 103 cm³/mol. The topological polar surface area (TPSA) is 70.4 Å². The van der Waals surface area contributed by atoms with Crippen LogP contribution in [-0.4, -0.2) is 41.1 Å². The van der Waals surface area contributed by atoms with Crippen molar-refractivity contribution in [2.75, 3.05) is 13.1 Å². The molecule has 0 bridgehead atoms. The van der Waals surface area contributed by atoms with Gasteiger partial charge >= 0.3 is 0 Å². The van der Waals surface area contributed by atoms with Crippen molar-refractivity contribution in [3.8, 4) is 0 Å². The lowest BCUT2D eigenvalue weighted by molar-refractivity contribution is -0.131. The third-order valence-corrected chi connectivity index (χ3v) is 6.06. The van der Waals surface area contributed by atoms with E-state index in [0.29, 0.717) is 6.42 Å². The molecule has 2 aromatic rings. The average Bonchev–Trinajstić information content (AvgIpc) is 3.37. The highest BCUT2D eigenvalue weighted by Gasteiger charge is 2.43. The summed E-state index contributed by atoms with van der Waals surface area (Å²) in [5, 5.41) is 4.13. The quantitative estimate of drug-likeness (QED) is 0.867. The number of likely N-dealkylation sites (tertiary alicyclic amines) is 1. The van der Waals surface area contributed by atoms with E-state index in [1.54, 1.807) is 0 Å². The standard InChI is InChI=1S/C21H28N4O2/c1-13-6-8-16(9-7-13)11-19(26)25-10-4-5-18(25)20-17(12-22-23-20)21-14(2)15(3)24-27-21/h6-9,17-18,20,22-23H,4-5,10-12H2,1-3H3. The largest absolute Gasteiger partial charge is 0.360 e. The van der Waals surface area contributed by atoms with Crippen molar-refractivity contribution in [3.05, 3.63) is 52.4 Å². The van der Waals surface area contributed by atoms with E-state index in [1.165, 1.54) is 5.56 Å². The van der Waals surface area contributed by atoms with Crippen molar-refractivity contribution in [1.29, 1.82) is 0 Å². The Hall–Kier alpha value is -2.18. The van der Waals surface area contributed by atoms with Gasteiger partial charge in [0, 0.05) is 24.7 Å². The van der Waals surface area contributed by atoms with Crippen molar-refractivity contribution in [2.24, 2.45) is 0 Å². The second-order valence-electron chi connectivity index (χ2n) is 7.87. The maximum absolute atomic E-state index is 13.0. The van der Waals surface area contributed by atoms with Crippen LogP contribution >= 0.6 is 0 Å². The molecule has 2 N–H and O–H groups in total. The van der Waals surface area contributed by atoms with Gasteiger partial charge in [0.05, 0.1) is 24.1 Å². The first kappa shape index (κ1) is 18.2. The van der Waals surface area contributed by atoms with Crippen molar-refractivity contribution >= 4 is 5.91 Å². The van der Waals surface area contributed by atoms with Crippen LogP contribution in [0.1, 0.15) is 46.9 Å². The van der Waals surface area contributed by atoms with Crippen LogP contribution in [0.2, 0.25) is 0 Å². The molecule has 1 aromatic heterocycles. The first-order valence-corrected chi connectivity index (χ1v) is 9.81. The molecule has 6 heteroatoms. The Morgan fingerprint density at radius 3 is 2.74 bits per heavy atom. The highest BCUT2D eigenvalue weighted by Crippen LogP contribution is 2.33. The molecule has 144 valence electrons. The number of hydrogen-bond donors (Lipinski definition) is 2. The number of amides is 1. The second kappa shape index (κ2) is 7.44. The Morgan fingerprint density at radius 1 is 1.26 bits per heavy atom. The second-order valence-corrected chi connectivity index (χ2v) is 7.87. The van der Waals surface area contributed by atoms with E-state index in [4.69, 9.17) is 4.52 Å². The third-order valence-electron chi connectivity index (χ3n) is 6.06. The lowest BCUT2D eigenvalue weighted by Crippen LogP contribution is -2.50. The summed E-state index contributed by atoms with van der Waals surface area (Å²) < 4.78 is 5.64. The van der Waals surface area contributed by atoms with E-state index in [2.05, 4.69) is 59.0 Å². The van der Waals surface area contributed by atoms with Gasteiger partial charge in [0.25, 0.3) is 0 Å². The summed E-state index contributed by atoms with van der Waals surface area (Å²) in [6, 6.07) is 8.55. The Bertz CT molecular complexity index is 814. The van der Waals surface area contributed by atoms with E-state index >= 15 is 0 Å². The van der Waals surface area contributed by atoms with Gasteiger partial charge in [-0.25, -0.2) is 0 Å². The van der Waals surface area contributed by atoms with Gasteiger partial charge in [0.2, 0.25) is 5.91 Å². The number of aromatic nitrogens is 1. The molecular formula is C21H28N4O2. The van der Waals surface area contributed by atoms with Gasteiger partial charge in [-0.15, -0.1) is 0 Å². The van der Waals surface area contributed by atoms with Crippen LogP contribution in [0.25, 0.3) is 0 Å². The Kier molecular flexibility index (Phi) is 5.02. The van der Waals surface area contributed by atoms with Gasteiger partial charge in [-0.2, -0.15) is 0 Å². The van der Waals surface area contributed by atoms with Crippen molar-refractivity contribution in [1.82, 2.24) is 20.9 Å². The van der Waals surface area contributed by atoms with Gasteiger partial charge in [-0.3, -0.25) is 15.6 Å². The Balaban J connectivity index is 1.51. The van der Waals surface area contributed by atoms with Crippen molar-refractivity contribution < 1.29 is 9.32 Å². The minimum Gasteiger partial charge on any atom is -0.360 e. The summed E-state index contributed by atoms with van der Waals surface area (Å²) in [7, 11) is 0. The SMILES string of the molecule is Cc1ccc(CC(=O)N2CCCC2C2NNCC2c2onc(C)c2C)cc1. The fourth-order valence-corrected chi connectivity index (χ4v) is 4.37. The summed E-state index contributed by atoms with van der Waals surface area (Å²) in [5.74, 6) is 1.33. The first-order chi connectivity index (χ1) is 13.0. The van der Waals surface area contributed by atoms with Crippen molar-refractivity contribution in [3.63, 3.8) is 0 Å². The summed E-state index contributed by atoms with van der Waals surface area (Å²) in [6.45, 7) is 7.71. The van der Waals surface area contributed by atoms with E-state index in [0.717, 1.165) is 48.5 Å². The number of hydrazine groups is 1. The smallest absolute Gasteiger partial charge is 0.227 e. The maximum Gasteiger partial charge on any atom is 0.227 e. The molecule has 1 aromatic carbocycles. The number of aryl methyl sites for hydroxylation is 2. The van der Waals surface area contributed by atoms with Crippen LogP contribution in [-0.2, 0) is 11.2 Å². The van der Waals surface area contributed by atoms with Gasteiger partial charge < -0.3 is 9.42 Å². The van der Waals surface area contributed by atoms with Crippen LogP contribution in [0.4, 0.5) is 0 Å². The van der Waals surface area contributed by atoms with Gasteiger partial charge in [0.15, 0.2) is 0 Å². The summed E-state index contributed by atoms with van der Waals surface area (Å²) in [5.41, 5.74) is 11.0. The number of nitrogens with one attached hydrogen (secondary N) is 2. The third kappa shape index (κ3) is 3.51. The molecule has 6 nitrogen and oxygen atoms in total. The van der Waals surface area contributed by atoms with Crippen LogP contribution in [0, 0.1) is 20.8 Å². The molecule has 27 heavy (non-hydrogen) atoms. The predicted octanol–water partition coefficient (Wildman–Crippen LogP) is 2.39. The summed E-state index contributed by atoms with van der Waals surface area (Å²) in [6.07, 6.45) is 2.52. The van der Waals surface area contributed by atoms with E-state index in [1.807, 2.05) is 6.92 Å². The zero-order valence-corrected chi connectivity index (χ0v) is 16.3.